The van der Waals surface area contributed by atoms with Crippen LogP contribution in [0.25, 0.3) is 0 Å². The standard InChI is InChI=1S/C9H13N3O3/c1-5-4-9(13)7(12(5)14)3-2-6-8(9)11-15-10-6/h5,7,13-14H,2-4H2,1H3/t5-,7-,9+/m1/s1. The Bertz CT molecular complexity index is 394. The van der Waals surface area contributed by atoms with Crippen molar-refractivity contribution in [3.8, 4) is 0 Å². The van der Waals surface area contributed by atoms with E-state index >= 15 is 0 Å². The van der Waals surface area contributed by atoms with Crippen LogP contribution in [0.15, 0.2) is 4.63 Å². The van der Waals surface area contributed by atoms with E-state index in [1.807, 2.05) is 6.92 Å². The fourth-order valence-electron chi connectivity index (χ4n) is 2.80. The monoisotopic (exact) mass is 211 g/mol. The Balaban J connectivity index is 2.10. The van der Waals surface area contributed by atoms with Crippen LogP contribution in [0.3, 0.4) is 0 Å². The summed E-state index contributed by atoms with van der Waals surface area (Å²) in [5.41, 5.74) is 0.125. The smallest absolute Gasteiger partial charge is 0.141 e. The minimum atomic E-state index is -1.10. The largest absolute Gasteiger partial charge is 0.382 e. The zero-order valence-corrected chi connectivity index (χ0v) is 8.42. The van der Waals surface area contributed by atoms with Gasteiger partial charge in [0.05, 0.1) is 6.04 Å². The first kappa shape index (κ1) is 9.26. The lowest BCUT2D eigenvalue weighted by Crippen LogP contribution is -2.45. The highest BCUT2D eigenvalue weighted by atomic mass is 16.6. The third kappa shape index (κ3) is 1.04. The molecule has 3 rings (SSSR count). The molecule has 0 spiro atoms. The Morgan fingerprint density at radius 3 is 3.13 bits per heavy atom. The molecule has 0 radical (unpaired) electrons. The maximum Gasteiger partial charge on any atom is 0.141 e. The Kier molecular flexibility index (Phi) is 1.72. The molecule has 0 aromatic carbocycles. The zero-order valence-electron chi connectivity index (χ0n) is 8.42. The highest BCUT2D eigenvalue weighted by Crippen LogP contribution is 2.45. The molecule has 1 saturated heterocycles. The number of aryl methyl sites for hydroxylation is 1. The number of hydrogen-bond acceptors (Lipinski definition) is 6. The van der Waals surface area contributed by atoms with Gasteiger partial charge in [-0.3, -0.25) is 0 Å². The van der Waals surface area contributed by atoms with E-state index < -0.39 is 5.60 Å². The van der Waals surface area contributed by atoms with Crippen molar-refractivity contribution in [2.24, 2.45) is 0 Å². The number of rotatable bonds is 0. The van der Waals surface area contributed by atoms with Crippen LogP contribution in [0.1, 0.15) is 31.2 Å². The number of aromatic nitrogens is 2. The zero-order chi connectivity index (χ0) is 10.6. The van der Waals surface area contributed by atoms with Crippen molar-refractivity contribution in [2.75, 3.05) is 0 Å². The van der Waals surface area contributed by atoms with Crippen molar-refractivity contribution < 1.29 is 14.9 Å². The van der Waals surface area contributed by atoms with Crippen molar-refractivity contribution in [3.05, 3.63) is 11.4 Å². The summed E-state index contributed by atoms with van der Waals surface area (Å²) in [7, 11) is 0. The normalized spacial score (nSPS) is 40.2. The molecule has 0 amide bonds. The second kappa shape index (κ2) is 2.78. The van der Waals surface area contributed by atoms with Gasteiger partial charge in [0.2, 0.25) is 0 Å². The maximum absolute atomic E-state index is 10.5. The van der Waals surface area contributed by atoms with Crippen molar-refractivity contribution >= 4 is 0 Å². The minimum Gasteiger partial charge on any atom is -0.382 e. The molecule has 1 aromatic heterocycles. The van der Waals surface area contributed by atoms with E-state index in [1.165, 1.54) is 5.06 Å². The van der Waals surface area contributed by atoms with Crippen LogP contribution in [0, 0.1) is 0 Å². The molecule has 6 heteroatoms. The molecule has 1 fully saturated rings. The summed E-state index contributed by atoms with van der Waals surface area (Å²) >= 11 is 0. The number of hydroxylamine groups is 2. The lowest BCUT2D eigenvalue weighted by Gasteiger charge is -2.33. The van der Waals surface area contributed by atoms with Gasteiger partial charge in [-0.2, -0.15) is 5.06 Å². The number of nitrogens with zero attached hydrogens (tertiary/aromatic N) is 3. The SMILES string of the molecule is C[C@@H]1C[C@@]2(O)c3nonc3CC[C@H]2N1O. The van der Waals surface area contributed by atoms with E-state index in [2.05, 4.69) is 14.9 Å². The van der Waals surface area contributed by atoms with Crippen LogP contribution in [0.5, 0.6) is 0 Å². The molecule has 0 saturated carbocycles. The van der Waals surface area contributed by atoms with E-state index in [0.29, 0.717) is 25.0 Å². The summed E-state index contributed by atoms with van der Waals surface area (Å²) in [5, 5.41) is 29.1. The third-order valence-corrected chi connectivity index (χ3v) is 3.55. The Labute approximate surface area is 86.4 Å². The summed E-state index contributed by atoms with van der Waals surface area (Å²) in [6.45, 7) is 1.88. The van der Waals surface area contributed by atoms with E-state index in [0.717, 1.165) is 5.69 Å². The van der Waals surface area contributed by atoms with Crippen LogP contribution in [0.2, 0.25) is 0 Å². The summed E-state index contributed by atoms with van der Waals surface area (Å²) in [6, 6.07) is -0.352. The maximum atomic E-state index is 10.5. The predicted molar refractivity (Wildman–Crippen MR) is 48.0 cm³/mol. The van der Waals surface area contributed by atoms with Crippen molar-refractivity contribution in [1.82, 2.24) is 15.4 Å². The quantitative estimate of drug-likeness (QED) is 0.631. The second-order valence-electron chi connectivity index (χ2n) is 4.47. The molecule has 3 atom stereocenters. The number of fused-ring (bicyclic) bond motifs is 3. The highest BCUT2D eigenvalue weighted by Gasteiger charge is 2.55. The molecule has 2 heterocycles. The average molecular weight is 211 g/mol. The molecule has 0 unspecified atom stereocenters. The fourth-order valence-corrected chi connectivity index (χ4v) is 2.80. The molecular formula is C9H13N3O3. The molecule has 15 heavy (non-hydrogen) atoms. The second-order valence-corrected chi connectivity index (χ2v) is 4.47. The summed E-state index contributed by atoms with van der Waals surface area (Å²) in [4.78, 5) is 0. The Hall–Kier alpha value is -0.980. The van der Waals surface area contributed by atoms with Gasteiger partial charge in [0, 0.05) is 12.5 Å². The first-order valence-electron chi connectivity index (χ1n) is 5.14. The number of hydrogen-bond donors (Lipinski definition) is 2. The lowest BCUT2D eigenvalue weighted by atomic mass is 9.81. The van der Waals surface area contributed by atoms with Gasteiger partial charge >= 0.3 is 0 Å². The van der Waals surface area contributed by atoms with Crippen molar-refractivity contribution in [1.29, 1.82) is 0 Å². The molecule has 6 nitrogen and oxygen atoms in total. The van der Waals surface area contributed by atoms with E-state index in [1.54, 1.807) is 0 Å². The van der Waals surface area contributed by atoms with Crippen LogP contribution >= 0.6 is 0 Å². The topological polar surface area (TPSA) is 82.6 Å². The summed E-state index contributed by atoms with van der Waals surface area (Å²) in [5.74, 6) is 0. The predicted octanol–water partition coefficient (Wildman–Crippen LogP) is 0.0554. The van der Waals surface area contributed by atoms with Crippen molar-refractivity contribution in [2.45, 2.75) is 43.9 Å². The summed E-state index contributed by atoms with van der Waals surface area (Å²) < 4.78 is 4.65. The fraction of sp³-hybridized carbons (Fsp3) is 0.778. The molecule has 82 valence electrons. The first-order valence-corrected chi connectivity index (χ1v) is 5.14. The van der Waals surface area contributed by atoms with Gasteiger partial charge in [0.25, 0.3) is 0 Å². The molecule has 2 aliphatic rings. The van der Waals surface area contributed by atoms with Gasteiger partial charge < -0.3 is 10.3 Å². The van der Waals surface area contributed by atoms with Gasteiger partial charge in [0.15, 0.2) is 0 Å². The average Bonchev–Trinajstić information content (AvgIpc) is 2.72. The van der Waals surface area contributed by atoms with E-state index in [-0.39, 0.29) is 12.1 Å². The molecule has 2 N–H and O–H groups in total. The number of aliphatic hydroxyl groups is 1. The van der Waals surface area contributed by atoms with Gasteiger partial charge in [-0.15, -0.1) is 0 Å². The van der Waals surface area contributed by atoms with E-state index in [9.17, 15) is 10.3 Å². The van der Waals surface area contributed by atoms with Crippen molar-refractivity contribution in [3.63, 3.8) is 0 Å². The van der Waals surface area contributed by atoms with Gasteiger partial charge in [-0.1, -0.05) is 10.3 Å². The Morgan fingerprint density at radius 1 is 1.53 bits per heavy atom. The summed E-state index contributed by atoms with van der Waals surface area (Å²) in [6.07, 6.45) is 1.84. The highest BCUT2D eigenvalue weighted by molar-refractivity contribution is 5.26. The van der Waals surface area contributed by atoms with E-state index in [4.69, 9.17) is 0 Å². The molecule has 1 aliphatic carbocycles. The first-order chi connectivity index (χ1) is 7.13. The third-order valence-electron chi connectivity index (χ3n) is 3.55. The van der Waals surface area contributed by atoms with Crippen LogP contribution in [-0.2, 0) is 12.0 Å². The molecule has 0 bridgehead atoms. The molecular weight excluding hydrogens is 198 g/mol. The van der Waals surface area contributed by atoms with Gasteiger partial charge in [-0.25, -0.2) is 4.63 Å². The van der Waals surface area contributed by atoms with Crippen LogP contribution < -0.4 is 0 Å². The van der Waals surface area contributed by atoms with Crippen LogP contribution in [0.4, 0.5) is 0 Å². The van der Waals surface area contributed by atoms with Gasteiger partial charge in [0.1, 0.15) is 17.0 Å². The molecule has 1 aliphatic heterocycles. The Morgan fingerprint density at radius 2 is 2.33 bits per heavy atom. The lowest BCUT2D eigenvalue weighted by molar-refractivity contribution is -0.159. The minimum absolute atomic E-state index is 0.0670. The van der Waals surface area contributed by atoms with Crippen LogP contribution in [-0.4, -0.2) is 37.8 Å². The van der Waals surface area contributed by atoms with Gasteiger partial charge in [-0.05, 0) is 19.8 Å². The molecule has 1 aromatic rings.